The fourth-order valence-corrected chi connectivity index (χ4v) is 3.71. The van der Waals surface area contributed by atoms with Gasteiger partial charge < -0.3 is 20.1 Å². The molecule has 0 radical (unpaired) electrons. The predicted octanol–water partition coefficient (Wildman–Crippen LogP) is 2.26. The summed E-state index contributed by atoms with van der Waals surface area (Å²) in [6, 6.07) is 3.23. The van der Waals surface area contributed by atoms with Gasteiger partial charge >= 0.3 is 5.97 Å². The molecular formula is C21H30N2O8S. The van der Waals surface area contributed by atoms with Crippen molar-refractivity contribution in [3.63, 3.8) is 0 Å². The quantitative estimate of drug-likeness (QED) is 0.457. The number of anilines is 2. The average molecular weight is 471 g/mol. The van der Waals surface area contributed by atoms with Gasteiger partial charge in [0.05, 0.1) is 37.5 Å². The smallest absolute Gasteiger partial charge is 0.342 e. The van der Waals surface area contributed by atoms with Gasteiger partial charge in [0, 0.05) is 24.9 Å². The van der Waals surface area contributed by atoms with Crippen LogP contribution in [0.15, 0.2) is 12.1 Å². The number of methoxy groups -OCH3 is 1. The van der Waals surface area contributed by atoms with Gasteiger partial charge in [-0.25, -0.2) is 4.79 Å². The highest BCUT2D eigenvalue weighted by molar-refractivity contribution is 7.85. The Morgan fingerprint density at radius 3 is 2.38 bits per heavy atom. The number of hydrogen-bond acceptors (Lipinski definition) is 8. The van der Waals surface area contributed by atoms with Gasteiger partial charge in [-0.05, 0) is 18.1 Å². The molecule has 2 N–H and O–H groups in total. The number of ether oxygens (including phenoxy) is 2. The minimum Gasteiger partial charge on any atom is -0.465 e. The molecule has 2 amide bonds. The largest absolute Gasteiger partial charge is 0.465 e. The lowest BCUT2D eigenvalue weighted by Gasteiger charge is -2.25. The van der Waals surface area contributed by atoms with Gasteiger partial charge in [-0.3, -0.25) is 13.8 Å². The monoisotopic (exact) mass is 470 g/mol. The van der Waals surface area contributed by atoms with Gasteiger partial charge in [0.25, 0.3) is 10.1 Å². The van der Waals surface area contributed by atoms with Gasteiger partial charge in [0.1, 0.15) is 5.56 Å². The van der Waals surface area contributed by atoms with Crippen molar-refractivity contribution in [2.24, 2.45) is 5.41 Å². The van der Waals surface area contributed by atoms with E-state index in [2.05, 4.69) is 10.6 Å². The maximum Gasteiger partial charge on any atom is 0.342 e. The SMILES string of the molecule is COC(=O)c1c(NC(=O)C(C)(C)C)ccc(C2CCOC2COS(C)(=O)=O)c1NC(C)=O. The Hall–Kier alpha value is -2.50. The Balaban J connectivity index is 2.59. The second-order valence-corrected chi connectivity index (χ2v) is 10.3. The second-order valence-electron chi connectivity index (χ2n) is 8.62. The first-order chi connectivity index (χ1) is 14.7. The zero-order valence-corrected chi connectivity index (χ0v) is 19.9. The Morgan fingerprint density at radius 1 is 1.19 bits per heavy atom. The Bertz CT molecular complexity index is 998. The van der Waals surface area contributed by atoms with Crippen molar-refractivity contribution in [2.45, 2.75) is 46.1 Å². The summed E-state index contributed by atoms with van der Waals surface area (Å²) < 4.78 is 38.3. The van der Waals surface area contributed by atoms with E-state index in [0.29, 0.717) is 18.6 Å². The van der Waals surface area contributed by atoms with E-state index in [9.17, 15) is 22.8 Å². The van der Waals surface area contributed by atoms with Gasteiger partial charge in [-0.1, -0.05) is 26.8 Å². The molecule has 1 fully saturated rings. The van der Waals surface area contributed by atoms with Crippen LogP contribution >= 0.6 is 0 Å². The molecule has 1 aromatic rings. The summed E-state index contributed by atoms with van der Waals surface area (Å²) in [5.41, 5.74) is 0.178. The van der Waals surface area contributed by atoms with Crippen LogP contribution in [-0.2, 0) is 33.4 Å². The molecule has 1 aliphatic rings. The number of carbonyl (C=O) groups is 3. The molecule has 11 heteroatoms. The maximum absolute atomic E-state index is 12.7. The van der Waals surface area contributed by atoms with E-state index in [4.69, 9.17) is 13.7 Å². The van der Waals surface area contributed by atoms with Crippen LogP contribution < -0.4 is 10.6 Å². The fourth-order valence-electron chi connectivity index (χ4n) is 3.33. The van der Waals surface area contributed by atoms with Gasteiger partial charge in [-0.15, -0.1) is 0 Å². The van der Waals surface area contributed by atoms with Crippen LogP contribution in [0.1, 0.15) is 56.0 Å². The minimum atomic E-state index is -3.68. The third-order valence-electron chi connectivity index (χ3n) is 4.91. The minimum absolute atomic E-state index is 0.00696. The number of benzene rings is 1. The highest BCUT2D eigenvalue weighted by Crippen LogP contribution is 2.40. The van der Waals surface area contributed by atoms with E-state index in [1.807, 2.05) is 0 Å². The van der Waals surface area contributed by atoms with E-state index in [0.717, 1.165) is 6.26 Å². The van der Waals surface area contributed by atoms with Gasteiger partial charge in [-0.2, -0.15) is 8.42 Å². The summed E-state index contributed by atoms with van der Waals surface area (Å²) in [5, 5.41) is 5.40. The van der Waals surface area contributed by atoms with Crippen molar-refractivity contribution in [1.82, 2.24) is 0 Å². The summed E-state index contributed by atoms with van der Waals surface area (Å²) >= 11 is 0. The van der Waals surface area contributed by atoms with E-state index >= 15 is 0 Å². The molecule has 2 unspecified atom stereocenters. The van der Waals surface area contributed by atoms with Crippen LogP contribution in [-0.4, -0.2) is 58.9 Å². The van der Waals surface area contributed by atoms with Crippen molar-refractivity contribution >= 4 is 39.3 Å². The maximum atomic E-state index is 12.7. The number of carbonyl (C=O) groups excluding carboxylic acids is 3. The number of hydrogen-bond donors (Lipinski definition) is 2. The van der Waals surface area contributed by atoms with Crippen LogP contribution in [0.3, 0.4) is 0 Å². The molecule has 32 heavy (non-hydrogen) atoms. The molecule has 0 spiro atoms. The number of nitrogens with one attached hydrogen (secondary N) is 2. The van der Waals surface area contributed by atoms with Crippen molar-refractivity contribution in [3.8, 4) is 0 Å². The van der Waals surface area contributed by atoms with Crippen LogP contribution in [0.25, 0.3) is 0 Å². The summed E-state index contributed by atoms with van der Waals surface area (Å²) in [4.78, 5) is 37.3. The van der Waals surface area contributed by atoms with Crippen LogP contribution in [0.4, 0.5) is 11.4 Å². The zero-order chi connectivity index (χ0) is 24.3. The summed E-state index contributed by atoms with van der Waals surface area (Å²) in [6.45, 7) is 6.61. The lowest BCUT2D eigenvalue weighted by Crippen LogP contribution is -2.29. The Labute approximate surface area is 188 Å². The van der Waals surface area contributed by atoms with Crippen LogP contribution in [0.2, 0.25) is 0 Å². The van der Waals surface area contributed by atoms with Crippen molar-refractivity contribution in [1.29, 1.82) is 0 Å². The summed E-state index contributed by atoms with van der Waals surface area (Å²) in [7, 11) is -2.48. The molecule has 178 valence electrons. The molecular weight excluding hydrogens is 440 g/mol. The first-order valence-electron chi connectivity index (χ1n) is 10.0. The third kappa shape index (κ3) is 6.50. The molecule has 1 aliphatic heterocycles. The fraction of sp³-hybridized carbons (Fsp3) is 0.571. The average Bonchev–Trinajstić information content (AvgIpc) is 3.12. The van der Waals surface area contributed by atoms with Gasteiger partial charge in [0.15, 0.2) is 0 Å². The molecule has 2 atom stereocenters. The van der Waals surface area contributed by atoms with Crippen molar-refractivity contribution < 1.29 is 36.5 Å². The second kappa shape index (κ2) is 9.97. The third-order valence-corrected chi connectivity index (χ3v) is 5.48. The molecule has 1 heterocycles. The highest BCUT2D eigenvalue weighted by atomic mass is 32.2. The predicted molar refractivity (Wildman–Crippen MR) is 118 cm³/mol. The van der Waals surface area contributed by atoms with E-state index < -0.39 is 33.5 Å². The van der Waals surface area contributed by atoms with Crippen molar-refractivity contribution in [3.05, 3.63) is 23.3 Å². The summed E-state index contributed by atoms with van der Waals surface area (Å²) in [6.07, 6.45) is 0.846. The summed E-state index contributed by atoms with van der Waals surface area (Å²) in [5.74, 6) is -1.87. The van der Waals surface area contributed by atoms with E-state index in [-0.39, 0.29) is 35.4 Å². The number of esters is 1. The molecule has 0 saturated carbocycles. The Morgan fingerprint density at radius 2 is 1.84 bits per heavy atom. The molecule has 10 nitrogen and oxygen atoms in total. The van der Waals surface area contributed by atoms with E-state index in [1.54, 1.807) is 32.9 Å². The number of amides is 2. The molecule has 2 rings (SSSR count). The normalized spacial score (nSPS) is 18.8. The molecule has 0 aliphatic carbocycles. The topological polar surface area (TPSA) is 137 Å². The molecule has 1 saturated heterocycles. The van der Waals surface area contributed by atoms with E-state index in [1.165, 1.54) is 14.0 Å². The Kier molecular flexibility index (Phi) is 8.02. The van der Waals surface area contributed by atoms with Crippen LogP contribution in [0, 0.1) is 5.41 Å². The number of rotatable bonds is 7. The van der Waals surface area contributed by atoms with Crippen LogP contribution in [0.5, 0.6) is 0 Å². The highest BCUT2D eigenvalue weighted by Gasteiger charge is 2.35. The van der Waals surface area contributed by atoms with Gasteiger partial charge in [0.2, 0.25) is 11.8 Å². The van der Waals surface area contributed by atoms with Crippen molar-refractivity contribution in [2.75, 3.05) is 37.2 Å². The first-order valence-corrected chi connectivity index (χ1v) is 11.9. The standard InChI is InChI=1S/C21H30N2O8S/c1-12(24)22-18-14(13-9-10-30-16(13)11-31-32(6,27)28)7-8-15(17(18)19(25)29-5)23-20(26)21(2,3)4/h7-8,13,16H,9-11H2,1-6H3,(H,22,24)(H,23,26). The lowest BCUT2D eigenvalue weighted by atomic mass is 9.88. The first kappa shape index (κ1) is 25.8. The molecule has 1 aromatic carbocycles. The molecule has 0 aromatic heterocycles. The molecule has 0 bridgehead atoms. The zero-order valence-electron chi connectivity index (χ0n) is 19.1. The lowest BCUT2D eigenvalue weighted by molar-refractivity contribution is -0.123.